The van der Waals surface area contributed by atoms with Gasteiger partial charge in [-0.2, -0.15) is 13.2 Å². The molecule has 0 saturated carbocycles. The van der Waals surface area contributed by atoms with E-state index in [0.717, 1.165) is 18.9 Å². The molecule has 0 spiro atoms. The molecular formula is C14H13F3O. The Kier molecular flexibility index (Phi) is 3.55. The van der Waals surface area contributed by atoms with Crippen LogP contribution in [0.2, 0.25) is 0 Å². The third kappa shape index (κ3) is 2.81. The van der Waals surface area contributed by atoms with Crippen LogP contribution < -0.4 is 0 Å². The summed E-state index contributed by atoms with van der Waals surface area (Å²) in [5.41, 5.74) is -0.0170. The van der Waals surface area contributed by atoms with Crippen molar-refractivity contribution in [3.63, 3.8) is 0 Å². The average Bonchev–Trinajstić information content (AvgIpc) is 2.53. The van der Waals surface area contributed by atoms with Crippen LogP contribution in [-0.2, 0) is 11.0 Å². The van der Waals surface area contributed by atoms with Crippen molar-refractivity contribution in [3.05, 3.63) is 41.5 Å². The van der Waals surface area contributed by atoms with Crippen LogP contribution in [0.3, 0.4) is 0 Å². The highest BCUT2D eigenvalue weighted by Gasteiger charge is 2.33. The van der Waals surface area contributed by atoms with Crippen molar-refractivity contribution in [1.29, 1.82) is 0 Å². The maximum atomic E-state index is 12.9. The van der Waals surface area contributed by atoms with Gasteiger partial charge in [0.1, 0.15) is 0 Å². The molecule has 0 radical (unpaired) electrons. The summed E-state index contributed by atoms with van der Waals surface area (Å²) < 4.78 is 38.7. The standard InChI is InChI=1S/C14H13F3O/c15-14(16,17)13-8-4-3-7-12(13)10-5-1-2-6-11(18)9-10/h3-4,7-9H,1-2,5-6H2. The zero-order chi connectivity index (χ0) is 13.2. The highest BCUT2D eigenvalue weighted by Crippen LogP contribution is 2.36. The first kappa shape index (κ1) is 12.9. The molecule has 1 aliphatic rings. The van der Waals surface area contributed by atoms with E-state index in [1.807, 2.05) is 0 Å². The molecule has 0 saturated heterocycles. The van der Waals surface area contributed by atoms with E-state index < -0.39 is 11.7 Å². The summed E-state index contributed by atoms with van der Waals surface area (Å²) in [6, 6.07) is 5.44. The van der Waals surface area contributed by atoms with Crippen molar-refractivity contribution >= 4 is 11.4 Å². The molecule has 96 valence electrons. The summed E-state index contributed by atoms with van der Waals surface area (Å²) in [6.45, 7) is 0. The van der Waals surface area contributed by atoms with Crippen molar-refractivity contribution in [1.82, 2.24) is 0 Å². The molecule has 1 aromatic rings. The number of allylic oxidation sites excluding steroid dienone is 2. The van der Waals surface area contributed by atoms with Crippen LogP contribution in [0, 0.1) is 0 Å². The van der Waals surface area contributed by atoms with Gasteiger partial charge in [-0.05, 0) is 42.5 Å². The van der Waals surface area contributed by atoms with Gasteiger partial charge in [0.25, 0.3) is 0 Å². The van der Waals surface area contributed by atoms with Crippen molar-refractivity contribution in [2.75, 3.05) is 0 Å². The Morgan fingerprint density at radius 2 is 1.67 bits per heavy atom. The minimum Gasteiger partial charge on any atom is -0.295 e. The predicted octanol–water partition coefficient (Wildman–Crippen LogP) is 4.23. The van der Waals surface area contributed by atoms with Crippen LogP contribution in [0.1, 0.15) is 36.8 Å². The smallest absolute Gasteiger partial charge is 0.295 e. The molecule has 1 nitrogen and oxygen atoms in total. The van der Waals surface area contributed by atoms with Crippen LogP contribution >= 0.6 is 0 Å². The molecule has 0 aromatic heterocycles. The van der Waals surface area contributed by atoms with Crippen LogP contribution in [-0.4, -0.2) is 5.78 Å². The van der Waals surface area contributed by atoms with E-state index in [9.17, 15) is 18.0 Å². The first-order valence-corrected chi connectivity index (χ1v) is 5.88. The first-order valence-electron chi connectivity index (χ1n) is 5.88. The molecular weight excluding hydrogens is 241 g/mol. The second kappa shape index (κ2) is 4.96. The first-order chi connectivity index (χ1) is 8.48. The normalized spacial score (nSPS) is 17.3. The zero-order valence-electron chi connectivity index (χ0n) is 9.76. The molecule has 0 N–H and O–H groups in total. The average molecular weight is 254 g/mol. The van der Waals surface area contributed by atoms with E-state index >= 15 is 0 Å². The molecule has 2 rings (SSSR count). The quantitative estimate of drug-likeness (QED) is 0.732. The van der Waals surface area contributed by atoms with Gasteiger partial charge in [0, 0.05) is 6.42 Å². The summed E-state index contributed by atoms with van der Waals surface area (Å²) in [4.78, 5) is 11.5. The number of benzene rings is 1. The number of alkyl halides is 3. The number of carbonyl (C=O) groups is 1. The fourth-order valence-electron chi connectivity index (χ4n) is 2.18. The third-order valence-corrected chi connectivity index (χ3v) is 3.03. The molecule has 1 aliphatic carbocycles. The van der Waals surface area contributed by atoms with E-state index in [1.54, 1.807) is 6.07 Å². The molecule has 1 aromatic carbocycles. The Balaban J connectivity index is 2.47. The zero-order valence-corrected chi connectivity index (χ0v) is 9.76. The second-order valence-corrected chi connectivity index (χ2v) is 4.39. The van der Waals surface area contributed by atoms with Gasteiger partial charge in [0.05, 0.1) is 5.56 Å². The molecule has 0 atom stereocenters. The van der Waals surface area contributed by atoms with Gasteiger partial charge in [0.2, 0.25) is 0 Å². The van der Waals surface area contributed by atoms with Gasteiger partial charge in [0.15, 0.2) is 5.78 Å². The maximum Gasteiger partial charge on any atom is 0.416 e. The van der Waals surface area contributed by atoms with Gasteiger partial charge in [-0.15, -0.1) is 0 Å². The highest BCUT2D eigenvalue weighted by molar-refractivity contribution is 5.97. The highest BCUT2D eigenvalue weighted by atomic mass is 19.4. The molecule has 0 fully saturated rings. The van der Waals surface area contributed by atoms with E-state index in [-0.39, 0.29) is 11.3 Å². The van der Waals surface area contributed by atoms with Crippen LogP contribution in [0.4, 0.5) is 13.2 Å². The van der Waals surface area contributed by atoms with Crippen molar-refractivity contribution in [2.45, 2.75) is 31.9 Å². The number of ketones is 1. The molecule has 0 heterocycles. The largest absolute Gasteiger partial charge is 0.416 e. The lowest BCUT2D eigenvalue weighted by atomic mass is 9.96. The Morgan fingerprint density at radius 1 is 1.00 bits per heavy atom. The Hall–Kier alpha value is -1.58. The minimum atomic E-state index is -4.38. The summed E-state index contributed by atoms with van der Waals surface area (Å²) >= 11 is 0. The third-order valence-electron chi connectivity index (χ3n) is 3.03. The van der Waals surface area contributed by atoms with Crippen LogP contribution in [0.15, 0.2) is 30.3 Å². The van der Waals surface area contributed by atoms with Crippen molar-refractivity contribution in [3.8, 4) is 0 Å². The molecule has 4 heteroatoms. The number of halogens is 3. The van der Waals surface area contributed by atoms with E-state index in [4.69, 9.17) is 0 Å². The summed E-state index contributed by atoms with van der Waals surface area (Å²) in [5, 5.41) is 0. The molecule has 18 heavy (non-hydrogen) atoms. The maximum absolute atomic E-state index is 12.9. The van der Waals surface area contributed by atoms with Gasteiger partial charge in [-0.3, -0.25) is 4.79 Å². The lowest BCUT2D eigenvalue weighted by Crippen LogP contribution is -2.08. The number of hydrogen-bond donors (Lipinski definition) is 0. The number of hydrogen-bond acceptors (Lipinski definition) is 1. The Morgan fingerprint density at radius 3 is 2.39 bits per heavy atom. The van der Waals surface area contributed by atoms with E-state index in [0.29, 0.717) is 18.4 Å². The van der Waals surface area contributed by atoms with E-state index in [2.05, 4.69) is 0 Å². The summed E-state index contributed by atoms with van der Waals surface area (Å²) in [6.07, 6.45) is -0.558. The minimum absolute atomic E-state index is 0.0838. The number of rotatable bonds is 1. The molecule has 0 aliphatic heterocycles. The molecule has 0 unspecified atom stereocenters. The van der Waals surface area contributed by atoms with Gasteiger partial charge in [-0.1, -0.05) is 18.2 Å². The van der Waals surface area contributed by atoms with Crippen molar-refractivity contribution < 1.29 is 18.0 Å². The fraction of sp³-hybridized carbons (Fsp3) is 0.357. The predicted molar refractivity (Wildman–Crippen MR) is 62.9 cm³/mol. The lowest BCUT2D eigenvalue weighted by Gasteiger charge is -2.14. The fourth-order valence-corrected chi connectivity index (χ4v) is 2.18. The SMILES string of the molecule is O=C1C=C(c2ccccc2C(F)(F)F)CCCC1. The Labute approximate surface area is 103 Å². The van der Waals surface area contributed by atoms with Gasteiger partial charge in [-0.25, -0.2) is 0 Å². The summed E-state index contributed by atoms with van der Waals surface area (Å²) in [7, 11) is 0. The van der Waals surface area contributed by atoms with Crippen LogP contribution in [0.5, 0.6) is 0 Å². The molecule has 0 bridgehead atoms. The molecule has 0 amide bonds. The van der Waals surface area contributed by atoms with Gasteiger partial charge >= 0.3 is 6.18 Å². The number of carbonyl (C=O) groups excluding carboxylic acids is 1. The second-order valence-electron chi connectivity index (χ2n) is 4.39. The monoisotopic (exact) mass is 254 g/mol. The van der Waals surface area contributed by atoms with Crippen molar-refractivity contribution in [2.24, 2.45) is 0 Å². The lowest BCUT2D eigenvalue weighted by molar-refractivity contribution is -0.137. The topological polar surface area (TPSA) is 17.1 Å². The summed E-state index contributed by atoms with van der Waals surface area (Å²) in [5.74, 6) is -0.0838. The van der Waals surface area contributed by atoms with Gasteiger partial charge < -0.3 is 0 Å². The van der Waals surface area contributed by atoms with E-state index in [1.165, 1.54) is 18.2 Å². The Bertz CT molecular complexity index is 486. The van der Waals surface area contributed by atoms with Crippen LogP contribution in [0.25, 0.3) is 5.57 Å².